The summed E-state index contributed by atoms with van der Waals surface area (Å²) in [6.07, 6.45) is 2.04. The Balaban J connectivity index is 1.99. The fraction of sp³-hybridized carbons (Fsp3) is 0.227. The van der Waals surface area contributed by atoms with Crippen LogP contribution in [0.4, 0.5) is 16.2 Å². The van der Waals surface area contributed by atoms with Crippen LogP contribution in [0.5, 0.6) is 11.5 Å². The van der Waals surface area contributed by atoms with Gasteiger partial charge in [0.15, 0.2) is 11.5 Å². The van der Waals surface area contributed by atoms with Gasteiger partial charge in [-0.25, -0.2) is 9.69 Å². The highest BCUT2D eigenvalue weighted by atomic mass is 35.5. The van der Waals surface area contributed by atoms with Gasteiger partial charge in [0.2, 0.25) is 0 Å². The van der Waals surface area contributed by atoms with E-state index in [-0.39, 0.29) is 22.0 Å². The number of hydrogen-bond acceptors (Lipinski definition) is 7. The molecule has 4 amide bonds. The number of imide groups is 2. The molecule has 0 unspecified atom stereocenters. The fourth-order valence-electron chi connectivity index (χ4n) is 3.06. The summed E-state index contributed by atoms with van der Waals surface area (Å²) >= 11 is 6.35. The lowest BCUT2D eigenvalue weighted by Crippen LogP contribution is -2.54. The van der Waals surface area contributed by atoms with Gasteiger partial charge in [-0.05, 0) is 49.2 Å². The van der Waals surface area contributed by atoms with Crippen LogP contribution in [0.1, 0.15) is 25.8 Å². The van der Waals surface area contributed by atoms with Gasteiger partial charge in [0.05, 0.1) is 28.8 Å². The van der Waals surface area contributed by atoms with Crippen molar-refractivity contribution in [3.63, 3.8) is 0 Å². The van der Waals surface area contributed by atoms with Crippen molar-refractivity contribution in [1.29, 1.82) is 0 Å². The number of carbonyl (C=O) groups is 3. The van der Waals surface area contributed by atoms with Crippen LogP contribution in [0, 0.1) is 10.1 Å². The fourth-order valence-corrected chi connectivity index (χ4v) is 3.33. The number of nitro groups is 1. The van der Waals surface area contributed by atoms with Gasteiger partial charge in [0.25, 0.3) is 17.5 Å². The maximum atomic E-state index is 13.0. The number of hydrogen-bond donors (Lipinski definition) is 1. The highest BCUT2D eigenvalue weighted by Crippen LogP contribution is 2.37. The van der Waals surface area contributed by atoms with Gasteiger partial charge in [-0.2, -0.15) is 0 Å². The number of ether oxygens (including phenoxy) is 2. The van der Waals surface area contributed by atoms with Crippen LogP contribution >= 0.6 is 11.6 Å². The molecule has 0 radical (unpaired) electrons. The number of barbiturate groups is 1. The Labute approximate surface area is 193 Å². The highest BCUT2D eigenvalue weighted by Gasteiger charge is 2.37. The number of carbonyl (C=O) groups excluding carboxylic acids is 3. The summed E-state index contributed by atoms with van der Waals surface area (Å²) in [5.41, 5.74) is -0.0886. The second kappa shape index (κ2) is 10.1. The molecule has 0 bridgehead atoms. The molecule has 1 aliphatic heterocycles. The average Bonchev–Trinajstić information content (AvgIpc) is 2.76. The molecule has 1 aliphatic rings. The van der Waals surface area contributed by atoms with Gasteiger partial charge < -0.3 is 9.47 Å². The maximum absolute atomic E-state index is 13.0. The van der Waals surface area contributed by atoms with Crippen molar-refractivity contribution in [2.24, 2.45) is 0 Å². The first-order valence-corrected chi connectivity index (χ1v) is 10.4. The molecule has 1 fully saturated rings. The molecule has 1 heterocycles. The second-order valence-corrected chi connectivity index (χ2v) is 7.25. The van der Waals surface area contributed by atoms with Crippen molar-refractivity contribution in [1.82, 2.24) is 5.32 Å². The van der Waals surface area contributed by atoms with E-state index in [0.717, 1.165) is 23.5 Å². The van der Waals surface area contributed by atoms with E-state index < -0.39 is 22.8 Å². The molecular formula is C22H20ClN3O7. The first kappa shape index (κ1) is 23.7. The van der Waals surface area contributed by atoms with Gasteiger partial charge in [0.1, 0.15) is 5.57 Å². The van der Waals surface area contributed by atoms with Crippen molar-refractivity contribution >= 4 is 46.9 Å². The van der Waals surface area contributed by atoms with Crippen molar-refractivity contribution in [3.05, 3.63) is 62.7 Å². The molecule has 0 atom stereocenters. The number of nitro benzene ring substituents is 1. The van der Waals surface area contributed by atoms with Crippen molar-refractivity contribution in [2.75, 3.05) is 18.1 Å². The van der Waals surface area contributed by atoms with Crippen molar-refractivity contribution < 1.29 is 28.8 Å². The molecule has 0 saturated carbocycles. The monoisotopic (exact) mass is 473 g/mol. The zero-order valence-corrected chi connectivity index (χ0v) is 18.5. The first-order valence-electron chi connectivity index (χ1n) is 10.0. The van der Waals surface area contributed by atoms with E-state index in [9.17, 15) is 24.5 Å². The lowest BCUT2D eigenvalue weighted by Gasteiger charge is -2.26. The third-order valence-electron chi connectivity index (χ3n) is 4.51. The summed E-state index contributed by atoms with van der Waals surface area (Å²) in [6.45, 7) is 4.49. The van der Waals surface area contributed by atoms with Crippen LogP contribution in [0.25, 0.3) is 6.08 Å². The summed E-state index contributed by atoms with van der Waals surface area (Å²) in [4.78, 5) is 48.7. The van der Waals surface area contributed by atoms with Crippen molar-refractivity contribution in [3.8, 4) is 11.5 Å². The Morgan fingerprint density at radius 2 is 1.82 bits per heavy atom. The number of non-ortho nitro benzene ring substituents is 1. The third-order valence-corrected chi connectivity index (χ3v) is 4.79. The zero-order chi connectivity index (χ0) is 24.1. The Kier molecular flexibility index (Phi) is 7.29. The van der Waals surface area contributed by atoms with E-state index in [0.29, 0.717) is 30.3 Å². The number of halogens is 1. The molecule has 1 saturated heterocycles. The molecule has 0 aromatic heterocycles. The lowest BCUT2D eigenvalue weighted by atomic mass is 10.1. The largest absolute Gasteiger partial charge is 0.490 e. The Morgan fingerprint density at radius 1 is 1.12 bits per heavy atom. The molecule has 33 heavy (non-hydrogen) atoms. The molecule has 0 spiro atoms. The molecule has 0 aliphatic carbocycles. The number of nitrogens with zero attached hydrogens (tertiary/aromatic N) is 2. The normalized spacial score (nSPS) is 14.9. The van der Waals surface area contributed by atoms with Gasteiger partial charge in [-0.3, -0.25) is 25.0 Å². The van der Waals surface area contributed by atoms with Gasteiger partial charge in [-0.15, -0.1) is 0 Å². The topological polar surface area (TPSA) is 128 Å². The Bertz CT molecular complexity index is 1150. The minimum absolute atomic E-state index is 0.0675. The Morgan fingerprint density at radius 3 is 2.42 bits per heavy atom. The van der Waals surface area contributed by atoms with Gasteiger partial charge in [0, 0.05) is 12.1 Å². The first-order chi connectivity index (χ1) is 15.8. The molecule has 2 aromatic rings. The predicted molar refractivity (Wildman–Crippen MR) is 121 cm³/mol. The smallest absolute Gasteiger partial charge is 0.335 e. The number of urea groups is 1. The van der Waals surface area contributed by atoms with Crippen LogP contribution in [0.3, 0.4) is 0 Å². The van der Waals surface area contributed by atoms with Crippen LogP contribution in [0.2, 0.25) is 5.02 Å². The predicted octanol–water partition coefficient (Wildman–Crippen LogP) is 4.10. The van der Waals surface area contributed by atoms with E-state index in [4.69, 9.17) is 21.1 Å². The van der Waals surface area contributed by atoms with Crippen LogP contribution < -0.4 is 19.7 Å². The maximum Gasteiger partial charge on any atom is 0.335 e. The van der Waals surface area contributed by atoms with E-state index in [2.05, 4.69) is 5.32 Å². The Hall–Kier alpha value is -3.92. The number of benzene rings is 2. The van der Waals surface area contributed by atoms with Crippen LogP contribution in [-0.2, 0) is 9.59 Å². The minimum atomic E-state index is -0.965. The number of nitrogens with one attached hydrogen (secondary N) is 1. The summed E-state index contributed by atoms with van der Waals surface area (Å²) in [7, 11) is 0. The SMILES string of the molecule is CCCOc1c(Cl)cc(/C=C2\C(=O)NC(=O)N(c3ccc([N+](=O)[O-])cc3)C2=O)cc1OCC. The van der Waals surface area contributed by atoms with E-state index in [1.54, 1.807) is 13.0 Å². The summed E-state index contributed by atoms with van der Waals surface area (Å²) in [5.74, 6) is -1.08. The van der Waals surface area contributed by atoms with E-state index in [1.165, 1.54) is 24.3 Å². The molecule has 172 valence electrons. The number of anilines is 1. The van der Waals surface area contributed by atoms with Gasteiger partial charge >= 0.3 is 6.03 Å². The standard InChI is InChI=1S/C22H20ClN3O7/c1-3-9-33-19-17(23)11-13(12-18(19)32-4-2)10-16-20(27)24-22(29)25(21(16)28)14-5-7-15(8-6-14)26(30)31/h5-8,10-12H,3-4,9H2,1-2H3,(H,24,27,29)/b16-10+. The van der Waals surface area contributed by atoms with Gasteiger partial charge in [-0.1, -0.05) is 18.5 Å². The molecule has 11 heteroatoms. The van der Waals surface area contributed by atoms with Crippen molar-refractivity contribution in [2.45, 2.75) is 20.3 Å². The summed E-state index contributed by atoms with van der Waals surface area (Å²) in [6, 6.07) is 6.90. The summed E-state index contributed by atoms with van der Waals surface area (Å²) < 4.78 is 11.2. The second-order valence-electron chi connectivity index (χ2n) is 6.84. The molecule has 2 aromatic carbocycles. The minimum Gasteiger partial charge on any atom is -0.490 e. The summed E-state index contributed by atoms with van der Waals surface area (Å²) in [5, 5.41) is 13.2. The molecule has 3 rings (SSSR count). The van der Waals surface area contributed by atoms with Crippen LogP contribution in [0.15, 0.2) is 42.0 Å². The lowest BCUT2D eigenvalue weighted by molar-refractivity contribution is -0.384. The highest BCUT2D eigenvalue weighted by molar-refractivity contribution is 6.39. The molecular weight excluding hydrogens is 454 g/mol. The quantitative estimate of drug-likeness (QED) is 0.264. The molecule has 1 N–H and O–H groups in total. The van der Waals surface area contributed by atoms with E-state index in [1.807, 2.05) is 6.92 Å². The average molecular weight is 474 g/mol. The number of rotatable bonds is 8. The third kappa shape index (κ3) is 5.12. The van der Waals surface area contributed by atoms with Crippen LogP contribution in [-0.4, -0.2) is 36.0 Å². The molecule has 10 nitrogen and oxygen atoms in total. The zero-order valence-electron chi connectivity index (χ0n) is 17.8. The van der Waals surface area contributed by atoms with E-state index >= 15 is 0 Å². The number of amides is 4.